The molecular formula is C12H17F3N2O. The lowest BCUT2D eigenvalue weighted by Crippen LogP contribution is -2.29. The van der Waals surface area contributed by atoms with Crippen molar-refractivity contribution < 1.29 is 17.9 Å². The van der Waals surface area contributed by atoms with Crippen molar-refractivity contribution in [2.75, 3.05) is 25.4 Å². The summed E-state index contributed by atoms with van der Waals surface area (Å²) in [6, 6.07) is 7.30. The smallest absolute Gasteiger partial charge is 0.399 e. The van der Waals surface area contributed by atoms with Crippen LogP contribution in [-0.4, -0.2) is 31.0 Å². The highest BCUT2D eigenvalue weighted by atomic mass is 19.4. The molecule has 0 aromatic heterocycles. The van der Waals surface area contributed by atoms with E-state index in [-0.39, 0.29) is 13.2 Å². The molecule has 1 aromatic rings. The SMILES string of the molecule is CCN(CCOC(F)(F)F)Cc1cccc(N)c1. The van der Waals surface area contributed by atoms with Crippen LogP contribution in [0, 0.1) is 0 Å². The standard InChI is InChI=1S/C12H17F3N2O/c1-2-17(6-7-18-12(13,14)15)9-10-4-3-5-11(16)8-10/h3-5,8H,2,6-7,9,16H2,1H3. The summed E-state index contributed by atoms with van der Waals surface area (Å²) in [6.45, 7) is 2.96. The molecule has 3 nitrogen and oxygen atoms in total. The number of nitrogens with two attached hydrogens (primary N) is 1. The van der Waals surface area contributed by atoms with Crippen molar-refractivity contribution in [3.63, 3.8) is 0 Å². The van der Waals surface area contributed by atoms with Gasteiger partial charge in [0.25, 0.3) is 0 Å². The predicted octanol–water partition coefficient (Wildman–Crippen LogP) is 2.63. The topological polar surface area (TPSA) is 38.5 Å². The fourth-order valence-electron chi connectivity index (χ4n) is 1.59. The molecule has 0 bridgehead atoms. The molecule has 0 saturated heterocycles. The predicted molar refractivity (Wildman–Crippen MR) is 63.8 cm³/mol. The Morgan fingerprint density at radius 2 is 2.06 bits per heavy atom. The summed E-state index contributed by atoms with van der Waals surface area (Å²) in [7, 11) is 0. The Hall–Kier alpha value is -1.27. The fraction of sp³-hybridized carbons (Fsp3) is 0.500. The molecule has 0 aliphatic rings. The second kappa shape index (κ2) is 6.61. The van der Waals surface area contributed by atoms with Crippen molar-refractivity contribution in [1.82, 2.24) is 4.90 Å². The third-order valence-corrected chi connectivity index (χ3v) is 2.48. The zero-order chi connectivity index (χ0) is 13.6. The second-order valence-corrected chi connectivity index (χ2v) is 3.91. The molecule has 0 heterocycles. The summed E-state index contributed by atoms with van der Waals surface area (Å²) < 4.78 is 39.3. The van der Waals surface area contributed by atoms with Gasteiger partial charge < -0.3 is 5.73 Å². The third kappa shape index (κ3) is 5.88. The minimum Gasteiger partial charge on any atom is -0.399 e. The maximum absolute atomic E-state index is 11.8. The Balaban J connectivity index is 2.42. The van der Waals surface area contributed by atoms with E-state index in [1.807, 2.05) is 30.0 Å². The van der Waals surface area contributed by atoms with E-state index in [0.717, 1.165) is 5.56 Å². The summed E-state index contributed by atoms with van der Waals surface area (Å²) in [4.78, 5) is 1.86. The molecule has 2 N–H and O–H groups in total. The normalized spacial score (nSPS) is 12.1. The van der Waals surface area contributed by atoms with Crippen LogP contribution in [0.15, 0.2) is 24.3 Å². The third-order valence-electron chi connectivity index (χ3n) is 2.48. The second-order valence-electron chi connectivity index (χ2n) is 3.91. The van der Waals surface area contributed by atoms with Gasteiger partial charge in [-0.1, -0.05) is 19.1 Å². The van der Waals surface area contributed by atoms with E-state index in [1.54, 1.807) is 6.07 Å². The van der Waals surface area contributed by atoms with E-state index in [0.29, 0.717) is 18.8 Å². The van der Waals surface area contributed by atoms with Crippen molar-refractivity contribution in [2.24, 2.45) is 0 Å². The molecule has 0 aliphatic heterocycles. The summed E-state index contributed by atoms with van der Waals surface area (Å²) in [5, 5.41) is 0. The molecule has 6 heteroatoms. The maximum atomic E-state index is 11.8. The summed E-state index contributed by atoms with van der Waals surface area (Å²) >= 11 is 0. The first-order valence-electron chi connectivity index (χ1n) is 5.68. The van der Waals surface area contributed by atoms with Gasteiger partial charge in [-0.3, -0.25) is 9.64 Å². The molecule has 1 rings (SSSR count). The van der Waals surface area contributed by atoms with Gasteiger partial charge in [-0.2, -0.15) is 0 Å². The molecule has 0 saturated carbocycles. The van der Waals surface area contributed by atoms with Crippen LogP contribution in [0.5, 0.6) is 0 Å². The molecule has 1 aromatic carbocycles. The van der Waals surface area contributed by atoms with Gasteiger partial charge in [0.2, 0.25) is 0 Å². The molecule has 0 amide bonds. The number of benzene rings is 1. The highest BCUT2D eigenvalue weighted by molar-refractivity contribution is 5.40. The van der Waals surface area contributed by atoms with E-state index in [4.69, 9.17) is 5.73 Å². The van der Waals surface area contributed by atoms with Gasteiger partial charge in [-0.25, -0.2) is 0 Å². The Labute approximate surface area is 104 Å². The van der Waals surface area contributed by atoms with Crippen LogP contribution >= 0.6 is 0 Å². The van der Waals surface area contributed by atoms with Crippen LogP contribution in [0.4, 0.5) is 18.9 Å². The molecule has 0 spiro atoms. The molecule has 102 valence electrons. The van der Waals surface area contributed by atoms with Crippen molar-refractivity contribution in [1.29, 1.82) is 0 Å². The Morgan fingerprint density at radius 1 is 1.33 bits per heavy atom. The van der Waals surface area contributed by atoms with Gasteiger partial charge in [0.1, 0.15) is 0 Å². The first-order chi connectivity index (χ1) is 8.40. The molecule has 0 aliphatic carbocycles. The highest BCUT2D eigenvalue weighted by Gasteiger charge is 2.28. The lowest BCUT2D eigenvalue weighted by Gasteiger charge is -2.20. The maximum Gasteiger partial charge on any atom is 0.522 e. The van der Waals surface area contributed by atoms with Gasteiger partial charge in [0.05, 0.1) is 6.61 Å². The van der Waals surface area contributed by atoms with Crippen LogP contribution in [-0.2, 0) is 11.3 Å². The fourth-order valence-corrected chi connectivity index (χ4v) is 1.59. The van der Waals surface area contributed by atoms with Gasteiger partial charge in [-0.15, -0.1) is 13.2 Å². The zero-order valence-corrected chi connectivity index (χ0v) is 10.2. The van der Waals surface area contributed by atoms with Gasteiger partial charge in [-0.05, 0) is 24.2 Å². The number of likely N-dealkylation sites (N-methyl/N-ethyl adjacent to an activating group) is 1. The Bertz CT molecular complexity index is 369. The number of halogens is 3. The van der Waals surface area contributed by atoms with Crippen LogP contribution < -0.4 is 5.73 Å². The van der Waals surface area contributed by atoms with Crippen LogP contribution in [0.2, 0.25) is 0 Å². The highest BCUT2D eigenvalue weighted by Crippen LogP contribution is 2.16. The Morgan fingerprint density at radius 3 is 2.61 bits per heavy atom. The van der Waals surface area contributed by atoms with Gasteiger partial charge >= 0.3 is 6.36 Å². The first kappa shape index (κ1) is 14.8. The first-order valence-corrected chi connectivity index (χ1v) is 5.68. The molecule has 0 radical (unpaired) electrons. The van der Waals surface area contributed by atoms with Crippen molar-refractivity contribution in [3.05, 3.63) is 29.8 Å². The van der Waals surface area contributed by atoms with E-state index < -0.39 is 6.36 Å². The zero-order valence-electron chi connectivity index (χ0n) is 10.2. The molecule has 0 fully saturated rings. The molecule has 0 unspecified atom stereocenters. The monoisotopic (exact) mass is 262 g/mol. The average molecular weight is 262 g/mol. The number of nitrogen functional groups attached to an aromatic ring is 1. The van der Waals surface area contributed by atoms with Gasteiger partial charge in [0, 0.05) is 18.8 Å². The number of nitrogens with zero attached hydrogens (tertiary/aromatic N) is 1. The number of ether oxygens (including phenoxy) is 1. The van der Waals surface area contributed by atoms with Crippen molar-refractivity contribution in [3.8, 4) is 0 Å². The van der Waals surface area contributed by atoms with Crippen molar-refractivity contribution >= 4 is 5.69 Å². The number of hydrogen-bond acceptors (Lipinski definition) is 3. The van der Waals surface area contributed by atoms with Crippen LogP contribution in [0.25, 0.3) is 0 Å². The van der Waals surface area contributed by atoms with Crippen molar-refractivity contribution in [2.45, 2.75) is 19.8 Å². The minimum atomic E-state index is -4.56. The molecular weight excluding hydrogens is 245 g/mol. The van der Waals surface area contributed by atoms with E-state index in [1.165, 1.54) is 0 Å². The molecule has 0 atom stereocenters. The van der Waals surface area contributed by atoms with E-state index in [9.17, 15) is 13.2 Å². The summed E-state index contributed by atoms with van der Waals surface area (Å²) in [6.07, 6.45) is -4.56. The number of hydrogen-bond donors (Lipinski definition) is 1. The van der Waals surface area contributed by atoms with Crippen LogP contribution in [0.3, 0.4) is 0 Å². The Kier molecular flexibility index (Phi) is 5.43. The van der Waals surface area contributed by atoms with E-state index >= 15 is 0 Å². The quantitative estimate of drug-likeness (QED) is 0.801. The van der Waals surface area contributed by atoms with E-state index in [2.05, 4.69) is 4.74 Å². The number of anilines is 1. The minimum absolute atomic E-state index is 0.227. The number of alkyl halides is 3. The number of rotatable bonds is 6. The van der Waals surface area contributed by atoms with Gasteiger partial charge in [0.15, 0.2) is 0 Å². The summed E-state index contributed by atoms with van der Waals surface area (Å²) in [5.74, 6) is 0. The average Bonchev–Trinajstić information content (AvgIpc) is 2.26. The summed E-state index contributed by atoms with van der Waals surface area (Å²) in [5.41, 5.74) is 7.27. The largest absolute Gasteiger partial charge is 0.522 e. The lowest BCUT2D eigenvalue weighted by molar-refractivity contribution is -0.325. The lowest BCUT2D eigenvalue weighted by atomic mass is 10.2. The van der Waals surface area contributed by atoms with Crippen LogP contribution in [0.1, 0.15) is 12.5 Å². The molecule has 18 heavy (non-hydrogen) atoms.